The molecule has 382 valence electrons. The third-order valence-corrected chi connectivity index (χ3v) is 11.1. The molecule has 0 saturated heterocycles. The summed E-state index contributed by atoms with van der Waals surface area (Å²) in [5, 5.41) is 18.1. The zero-order valence-corrected chi connectivity index (χ0v) is 41.8. The molecule has 4 aromatic rings. The molecular weight excluding hydrogens is 948 g/mol. The van der Waals surface area contributed by atoms with Gasteiger partial charge in [0.05, 0.1) is 0 Å². The minimum absolute atomic E-state index is 0.0150. The van der Waals surface area contributed by atoms with Gasteiger partial charge in [-0.25, -0.2) is 9.59 Å². The first-order valence-electron chi connectivity index (χ1n) is 22.3. The average molecular weight is 1010 g/mol. The lowest BCUT2D eigenvalue weighted by molar-refractivity contribution is -0.193. The molecule has 0 fully saturated rings. The van der Waals surface area contributed by atoms with Gasteiger partial charge in [0.25, 0.3) is 0 Å². The molecule has 0 radical (unpaired) electrons. The molecule has 2 aliphatic rings. The Labute approximate surface area is 413 Å². The lowest BCUT2D eigenvalue weighted by atomic mass is 9.79. The van der Waals surface area contributed by atoms with Crippen molar-refractivity contribution < 1.29 is 74.1 Å². The SMILES string of the molecule is CCC1=C(OS(=O)(=O)C(F)(F)F)CCN(C(=O)OC(C)(C)C)C1.CCC1=C(c2cccc(-c3ccccc3)c2)CCN(C(=O)OC(C)(C)C)C1.O=C=O.O=C=O.OB(O)c1cccc(-c2ccccc2)c1. The van der Waals surface area contributed by atoms with Crippen LogP contribution in [0.15, 0.2) is 126 Å². The van der Waals surface area contributed by atoms with Crippen molar-refractivity contribution >= 4 is 52.8 Å². The summed E-state index contributed by atoms with van der Waals surface area (Å²) >= 11 is 0. The first kappa shape index (κ1) is 60.3. The quantitative estimate of drug-likeness (QED) is 0.0959. The van der Waals surface area contributed by atoms with E-state index in [1.165, 1.54) is 32.7 Å². The maximum absolute atomic E-state index is 12.4. The number of alkyl halides is 3. The molecule has 0 aliphatic carbocycles. The number of amides is 2. The molecule has 0 aromatic heterocycles. The monoisotopic (exact) mass is 1010 g/mol. The number of nitrogens with zero attached hydrogens (tertiary/aromatic N) is 2. The van der Waals surface area contributed by atoms with E-state index in [1.54, 1.807) is 39.8 Å². The van der Waals surface area contributed by atoms with Crippen molar-refractivity contribution in [2.75, 3.05) is 26.2 Å². The zero-order valence-electron chi connectivity index (χ0n) is 40.9. The molecule has 2 heterocycles. The van der Waals surface area contributed by atoms with E-state index in [4.69, 9.17) is 38.7 Å². The Kier molecular flexibility index (Phi) is 23.9. The summed E-state index contributed by atoms with van der Waals surface area (Å²) in [6, 6.07) is 36.2. The second-order valence-electron chi connectivity index (χ2n) is 17.6. The molecule has 0 spiro atoms. The van der Waals surface area contributed by atoms with E-state index in [2.05, 4.69) is 59.6 Å². The molecular formula is C51H60BF3N2O13S. The maximum atomic E-state index is 12.4. The van der Waals surface area contributed by atoms with Crippen LogP contribution in [0.2, 0.25) is 0 Å². The first-order valence-corrected chi connectivity index (χ1v) is 23.7. The number of ether oxygens (including phenoxy) is 2. The van der Waals surface area contributed by atoms with E-state index in [9.17, 15) is 31.2 Å². The molecule has 15 nitrogen and oxygen atoms in total. The van der Waals surface area contributed by atoms with E-state index in [0.29, 0.717) is 24.1 Å². The van der Waals surface area contributed by atoms with E-state index in [1.807, 2.05) is 74.2 Å². The third kappa shape index (κ3) is 20.6. The van der Waals surface area contributed by atoms with Crippen molar-refractivity contribution in [1.29, 1.82) is 0 Å². The van der Waals surface area contributed by atoms with Crippen molar-refractivity contribution in [3.05, 3.63) is 132 Å². The number of hydrogen-bond donors (Lipinski definition) is 2. The standard InChI is InChI=1S/C24H29NO2.C13H20F3NO5S.C12H11BO2.2CO2/c1-5-18-17-25(23(26)27-24(2,3)4)15-14-22(18)21-13-9-12-20(16-21)19-10-7-6-8-11-19;1-5-9-8-17(11(18)21-12(2,3)4)7-6-10(9)22-23(19,20)13(14,15)16;14-13(15)12-8-4-7-11(9-12)10-5-2-1-3-6-10;2*2-1-3/h6-13,16H,5,14-15,17H2,1-4H3;5-8H2,1-4H3;1-9,14-15H;;. The number of hydrogen-bond acceptors (Lipinski definition) is 13. The minimum Gasteiger partial charge on any atom is -0.444 e. The molecule has 6 rings (SSSR count). The van der Waals surface area contributed by atoms with Crippen LogP contribution in [0.25, 0.3) is 27.8 Å². The Morgan fingerprint density at radius 1 is 0.606 bits per heavy atom. The summed E-state index contributed by atoms with van der Waals surface area (Å²) in [6.45, 7) is 15.9. The van der Waals surface area contributed by atoms with Gasteiger partial charge in [-0.1, -0.05) is 117 Å². The topological polar surface area (TPSA) is 211 Å². The Morgan fingerprint density at radius 3 is 1.42 bits per heavy atom. The highest BCUT2D eigenvalue weighted by atomic mass is 32.2. The third-order valence-electron chi connectivity index (χ3n) is 10.1. The number of halogens is 3. The van der Waals surface area contributed by atoms with Crippen LogP contribution in [0.1, 0.15) is 86.6 Å². The van der Waals surface area contributed by atoms with Gasteiger partial charge in [0.15, 0.2) is 0 Å². The smallest absolute Gasteiger partial charge is 0.444 e. The molecule has 71 heavy (non-hydrogen) atoms. The van der Waals surface area contributed by atoms with Gasteiger partial charge >= 0.3 is 47.2 Å². The summed E-state index contributed by atoms with van der Waals surface area (Å²) in [7, 11) is -7.11. The van der Waals surface area contributed by atoms with Crippen molar-refractivity contribution in [2.45, 2.75) is 97.8 Å². The first-order chi connectivity index (χ1) is 33.2. The van der Waals surface area contributed by atoms with Crippen LogP contribution in [-0.2, 0) is 43.0 Å². The summed E-state index contributed by atoms with van der Waals surface area (Å²) in [4.78, 5) is 60.0. The van der Waals surface area contributed by atoms with E-state index >= 15 is 0 Å². The van der Waals surface area contributed by atoms with Crippen LogP contribution in [0.5, 0.6) is 0 Å². The molecule has 0 atom stereocenters. The molecule has 2 aliphatic heterocycles. The number of rotatable bonds is 8. The fourth-order valence-corrected chi connectivity index (χ4v) is 7.45. The largest absolute Gasteiger partial charge is 0.534 e. The van der Waals surface area contributed by atoms with Crippen molar-refractivity contribution in [2.24, 2.45) is 0 Å². The van der Waals surface area contributed by atoms with Crippen LogP contribution in [0.4, 0.5) is 22.8 Å². The highest BCUT2D eigenvalue weighted by Gasteiger charge is 2.49. The van der Waals surface area contributed by atoms with Gasteiger partial charge in [0, 0.05) is 32.6 Å². The molecule has 2 amide bonds. The van der Waals surface area contributed by atoms with Crippen LogP contribution in [0, 0.1) is 0 Å². The fourth-order valence-electron chi connectivity index (χ4n) is 6.89. The second kappa shape index (κ2) is 28.1. The minimum atomic E-state index is -5.70. The van der Waals surface area contributed by atoms with Gasteiger partial charge in [0.2, 0.25) is 0 Å². The normalized spacial score (nSPS) is 13.6. The van der Waals surface area contributed by atoms with E-state index < -0.39 is 40.0 Å². The van der Waals surface area contributed by atoms with Crippen molar-refractivity contribution in [3.63, 3.8) is 0 Å². The van der Waals surface area contributed by atoms with E-state index in [0.717, 1.165) is 24.0 Å². The Hall–Kier alpha value is -6.82. The fraction of sp³-hybridized carbons (Fsp3) is 0.373. The molecule has 20 heteroatoms. The molecule has 0 unspecified atom stereocenters. The van der Waals surface area contributed by atoms with Gasteiger partial charge in [0.1, 0.15) is 17.0 Å². The predicted octanol–water partition coefficient (Wildman–Crippen LogP) is 9.18. The number of carbonyl (C=O) groups is 2. The van der Waals surface area contributed by atoms with Crippen LogP contribution >= 0.6 is 0 Å². The van der Waals surface area contributed by atoms with Crippen molar-refractivity contribution in [1.82, 2.24) is 9.80 Å². The number of carbonyl (C=O) groups excluding carboxylic acids is 6. The summed E-state index contributed by atoms with van der Waals surface area (Å²) in [5.74, 6) is -0.260. The van der Waals surface area contributed by atoms with Crippen molar-refractivity contribution in [3.8, 4) is 22.3 Å². The molecule has 2 N–H and O–H groups in total. The Morgan fingerprint density at radius 2 is 1.00 bits per heavy atom. The average Bonchev–Trinajstić information content (AvgIpc) is 3.31. The predicted molar refractivity (Wildman–Crippen MR) is 259 cm³/mol. The van der Waals surface area contributed by atoms with Gasteiger partial charge in [-0.15, -0.1) is 0 Å². The molecule has 0 bridgehead atoms. The van der Waals surface area contributed by atoms with Crippen LogP contribution in [-0.4, -0.2) is 103 Å². The second-order valence-corrected chi connectivity index (χ2v) is 19.1. The van der Waals surface area contributed by atoms with Gasteiger partial charge < -0.3 is 33.5 Å². The Balaban J connectivity index is 0.000000356. The summed E-state index contributed by atoms with van der Waals surface area (Å²) < 4.78 is 74.3. The van der Waals surface area contributed by atoms with Gasteiger partial charge in [-0.2, -0.15) is 40.8 Å². The summed E-state index contributed by atoms with van der Waals surface area (Å²) in [5.41, 5.74) is 2.63. The highest BCUT2D eigenvalue weighted by Crippen LogP contribution is 2.33. The van der Waals surface area contributed by atoms with Crippen LogP contribution < -0.4 is 5.46 Å². The van der Waals surface area contributed by atoms with E-state index in [-0.39, 0.29) is 50.1 Å². The lowest BCUT2D eigenvalue weighted by Gasteiger charge is -2.32. The van der Waals surface area contributed by atoms with Gasteiger partial charge in [-0.05, 0) is 117 Å². The maximum Gasteiger partial charge on any atom is 0.534 e. The van der Waals surface area contributed by atoms with Crippen LogP contribution in [0.3, 0.4) is 0 Å². The highest BCUT2D eigenvalue weighted by molar-refractivity contribution is 7.87. The molecule has 4 aromatic carbocycles. The molecule has 0 saturated carbocycles. The zero-order chi connectivity index (χ0) is 53.6. The summed E-state index contributed by atoms with van der Waals surface area (Å²) in [6.07, 6.45) is 1.59. The number of benzene rings is 4. The van der Waals surface area contributed by atoms with Gasteiger partial charge in [-0.3, -0.25) is 0 Å². The Bertz CT molecular complexity index is 2590. The lowest BCUT2D eigenvalue weighted by Crippen LogP contribution is -2.41.